The molecule has 0 spiro atoms. The molecule has 0 aliphatic heterocycles. The molecule has 1 aliphatic carbocycles. The molecule has 1 aliphatic rings. The van der Waals surface area contributed by atoms with Gasteiger partial charge in [0.05, 0.1) is 0 Å². The number of fused-ring (bicyclic) bond motifs is 1. The summed E-state index contributed by atoms with van der Waals surface area (Å²) in [6, 6.07) is 0. The van der Waals surface area contributed by atoms with Crippen molar-refractivity contribution in [2.45, 2.75) is 51.4 Å². The molecule has 0 amide bonds. The van der Waals surface area contributed by atoms with E-state index in [4.69, 9.17) is 4.52 Å². The number of aromatic amines is 1. The minimum atomic E-state index is -0.112. The molecular formula is C13H17N3O2. The van der Waals surface area contributed by atoms with Gasteiger partial charge in [-0.25, -0.2) is 0 Å². The van der Waals surface area contributed by atoms with Crippen molar-refractivity contribution in [3.8, 4) is 0 Å². The van der Waals surface area contributed by atoms with Crippen LogP contribution in [0.1, 0.15) is 56.5 Å². The van der Waals surface area contributed by atoms with Crippen molar-refractivity contribution in [2.24, 2.45) is 0 Å². The minimum absolute atomic E-state index is 0.112. The second kappa shape index (κ2) is 4.55. The first kappa shape index (κ1) is 11.4. The van der Waals surface area contributed by atoms with Gasteiger partial charge in [0.2, 0.25) is 0 Å². The Morgan fingerprint density at radius 3 is 2.83 bits per heavy atom. The maximum atomic E-state index is 12.1. The molecule has 5 nitrogen and oxygen atoms in total. The smallest absolute Gasteiger partial charge is 0.265 e. The number of aromatic nitrogens is 3. The van der Waals surface area contributed by atoms with Gasteiger partial charge in [-0.1, -0.05) is 31.3 Å². The van der Waals surface area contributed by atoms with Crippen molar-refractivity contribution in [3.05, 3.63) is 21.9 Å². The minimum Gasteiger partial charge on any atom is -0.335 e. The normalized spacial score (nSPS) is 17.4. The van der Waals surface area contributed by atoms with Crippen LogP contribution in [0.25, 0.3) is 11.1 Å². The molecule has 3 rings (SSSR count). The highest BCUT2D eigenvalue weighted by molar-refractivity contribution is 5.75. The van der Waals surface area contributed by atoms with Crippen LogP contribution >= 0.6 is 0 Å². The molecule has 0 atom stereocenters. The third kappa shape index (κ3) is 1.83. The summed E-state index contributed by atoms with van der Waals surface area (Å²) in [7, 11) is 0. The van der Waals surface area contributed by atoms with Crippen LogP contribution in [-0.2, 0) is 6.42 Å². The van der Waals surface area contributed by atoms with Crippen molar-refractivity contribution >= 4 is 11.1 Å². The molecule has 2 aromatic rings. The lowest BCUT2D eigenvalue weighted by atomic mass is 9.86. The van der Waals surface area contributed by atoms with Crippen LogP contribution < -0.4 is 5.56 Å². The van der Waals surface area contributed by atoms with E-state index in [0.717, 1.165) is 18.5 Å². The van der Waals surface area contributed by atoms with Crippen molar-refractivity contribution < 1.29 is 4.52 Å². The largest absolute Gasteiger partial charge is 0.335 e. The molecule has 18 heavy (non-hydrogen) atoms. The number of aryl methyl sites for hydroxylation is 1. The lowest BCUT2D eigenvalue weighted by Crippen LogP contribution is -2.14. The van der Waals surface area contributed by atoms with Crippen LogP contribution in [0.2, 0.25) is 0 Å². The van der Waals surface area contributed by atoms with E-state index in [-0.39, 0.29) is 5.56 Å². The summed E-state index contributed by atoms with van der Waals surface area (Å²) >= 11 is 0. The van der Waals surface area contributed by atoms with Crippen LogP contribution in [0.15, 0.2) is 9.32 Å². The molecule has 1 fully saturated rings. The van der Waals surface area contributed by atoms with E-state index in [2.05, 4.69) is 15.1 Å². The SMILES string of the molecule is CCc1nc2onc(C3CCCCC3)c2c(=O)[nH]1. The number of hydrogen-bond donors (Lipinski definition) is 1. The van der Waals surface area contributed by atoms with Crippen molar-refractivity contribution in [1.29, 1.82) is 0 Å². The zero-order valence-corrected chi connectivity index (χ0v) is 10.5. The average Bonchev–Trinajstić information content (AvgIpc) is 2.84. The van der Waals surface area contributed by atoms with Crippen LogP contribution in [-0.4, -0.2) is 15.1 Å². The lowest BCUT2D eigenvalue weighted by molar-refractivity contribution is 0.393. The molecule has 0 bridgehead atoms. The number of rotatable bonds is 2. The zero-order chi connectivity index (χ0) is 12.5. The van der Waals surface area contributed by atoms with Crippen LogP contribution in [0.4, 0.5) is 0 Å². The Bertz CT molecular complexity index is 608. The third-order valence-corrected chi connectivity index (χ3v) is 3.75. The number of H-pyrrole nitrogens is 1. The summed E-state index contributed by atoms with van der Waals surface area (Å²) in [4.78, 5) is 19.2. The summed E-state index contributed by atoms with van der Waals surface area (Å²) < 4.78 is 5.24. The van der Waals surface area contributed by atoms with Crippen LogP contribution in [0.3, 0.4) is 0 Å². The maximum Gasteiger partial charge on any atom is 0.265 e. The fraction of sp³-hybridized carbons (Fsp3) is 0.615. The maximum absolute atomic E-state index is 12.1. The number of hydrogen-bond acceptors (Lipinski definition) is 4. The Balaban J connectivity index is 2.10. The van der Waals surface area contributed by atoms with Gasteiger partial charge >= 0.3 is 0 Å². The molecule has 1 N–H and O–H groups in total. The summed E-state index contributed by atoms with van der Waals surface area (Å²) in [5, 5.41) is 4.65. The monoisotopic (exact) mass is 247 g/mol. The lowest BCUT2D eigenvalue weighted by Gasteiger charge is -2.18. The van der Waals surface area contributed by atoms with E-state index in [1.54, 1.807) is 0 Å². The molecule has 0 saturated heterocycles. The Labute approximate surface area is 105 Å². The zero-order valence-electron chi connectivity index (χ0n) is 10.5. The number of nitrogens with zero attached hydrogens (tertiary/aromatic N) is 2. The van der Waals surface area contributed by atoms with Gasteiger partial charge in [-0.2, -0.15) is 4.98 Å². The molecule has 2 aromatic heterocycles. The summed E-state index contributed by atoms with van der Waals surface area (Å²) in [6.45, 7) is 1.95. The van der Waals surface area contributed by atoms with E-state index in [0.29, 0.717) is 29.3 Å². The van der Waals surface area contributed by atoms with Gasteiger partial charge in [-0.3, -0.25) is 4.79 Å². The van der Waals surface area contributed by atoms with E-state index in [9.17, 15) is 4.79 Å². The Morgan fingerprint density at radius 2 is 2.11 bits per heavy atom. The molecule has 0 aromatic carbocycles. The predicted octanol–water partition coefficient (Wildman–Crippen LogP) is 2.52. The number of nitrogens with one attached hydrogen (secondary N) is 1. The first-order valence-corrected chi connectivity index (χ1v) is 6.68. The topological polar surface area (TPSA) is 71.8 Å². The Morgan fingerprint density at radius 1 is 1.33 bits per heavy atom. The second-order valence-electron chi connectivity index (χ2n) is 4.95. The molecule has 1 saturated carbocycles. The fourth-order valence-corrected chi connectivity index (χ4v) is 2.75. The second-order valence-corrected chi connectivity index (χ2v) is 4.95. The highest BCUT2D eigenvalue weighted by Crippen LogP contribution is 2.34. The van der Waals surface area contributed by atoms with Gasteiger partial charge < -0.3 is 9.51 Å². The fourth-order valence-electron chi connectivity index (χ4n) is 2.75. The summed E-state index contributed by atoms with van der Waals surface area (Å²) in [5.41, 5.74) is 1.08. The van der Waals surface area contributed by atoms with Crippen LogP contribution in [0.5, 0.6) is 0 Å². The van der Waals surface area contributed by atoms with Gasteiger partial charge in [0.1, 0.15) is 16.9 Å². The molecule has 2 heterocycles. The van der Waals surface area contributed by atoms with E-state index >= 15 is 0 Å². The quantitative estimate of drug-likeness (QED) is 0.885. The van der Waals surface area contributed by atoms with Gasteiger partial charge in [0, 0.05) is 12.3 Å². The van der Waals surface area contributed by atoms with E-state index < -0.39 is 0 Å². The summed E-state index contributed by atoms with van der Waals surface area (Å²) in [6.07, 6.45) is 6.56. The Kier molecular flexibility index (Phi) is 2.89. The van der Waals surface area contributed by atoms with Gasteiger partial charge in [0.25, 0.3) is 11.3 Å². The molecule has 5 heteroatoms. The van der Waals surface area contributed by atoms with E-state index in [1.807, 2.05) is 6.92 Å². The molecule has 0 unspecified atom stereocenters. The standard InChI is InChI=1S/C13H17N3O2/c1-2-9-14-12(17)10-11(16-18-13(10)15-9)8-6-4-3-5-7-8/h8H,2-7H2,1H3,(H,14,15,17). The van der Waals surface area contributed by atoms with Crippen LogP contribution in [0, 0.1) is 0 Å². The van der Waals surface area contributed by atoms with E-state index in [1.165, 1.54) is 19.3 Å². The Hall–Kier alpha value is -1.65. The first-order chi connectivity index (χ1) is 8.79. The average molecular weight is 247 g/mol. The van der Waals surface area contributed by atoms with Crippen molar-refractivity contribution in [3.63, 3.8) is 0 Å². The summed E-state index contributed by atoms with van der Waals surface area (Å²) in [5.74, 6) is 1.01. The highest BCUT2D eigenvalue weighted by atomic mass is 16.5. The first-order valence-electron chi connectivity index (χ1n) is 6.68. The molecular weight excluding hydrogens is 230 g/mol. The molecule has 0 radical (unpaired) electrons. The predicted molar refractivity (Wildman–Crippen MR) is 67.6 cm³/mol. The van der Waals surface area contributed by atoms with Gasteiger partial charge in [0.15, 0.2) is 0 Å². The van der Waals surface area contributed by atoms with Gasteiger partial charge in [-0.05, 0) is 12.8 Å². The third-order valence-electron chi connectivity index (χ3n) is 3.75. The van der Waals surface area contributed by atoms with Crippen molar-refractivity contribution in [1.82, 2.24) is 15.1 Å². The van der Waals surface area contributed by atoms with Crippen molar-refractivity contribution in [2.75, 3.05) is 0 Å². The highest BCUT2D eigenvalue weighted by Gasteiger charge is 2.24. The molecule has 96 valence electrons. The van der Waals surface area contributed by atoms with Gasteiger partial charge in [-0.15, -0.1) is 0 Å².